The summed E-state index contributed by atoms with van der Waals surface area (Å²) >= 11 is 0. The van der Waals surface area contributed by atoms with E-state index in [1.807, 2.05) is 36.4 Å². The highest BCUT2D eigenvalue weighted by Crippen LogP contribution is 2.25. The summed E-state index contributed by atoms with van der Waals surface area (Å²) < 4.78 is 10.9. The summed E-state index contributed by atoms with van der Waals surface area (Å²) in [5, 5.41) is 9.13. The summed E-state index contributed by atoms with van der Waals surface area (Å²) in [6.45, 7) is 0.477. The first-order valence-corrected chi connectivity index (χ1v) is 5.78. The number of hydrogen-bond acceptors (Lipinski definition) is 3. The van der Waals surface area contributed by atoms with Crippen LogP contribution in [0.15, 0.2) is 48.5 Å². The van der Waals surface area contributed by atoms with Gasteiger partial charge in [0.15, 0.2) is 0 Å². The monoisotopic (exact) mass is 244 g/mol. The van der Waals surface area contributed by atoms with E-state index in [9.17, 15) is 0 Å². The summed E-state index contributed by atoms with van der Waals surface area (Å²) in [6.07, 6.45) is 0. The first-order chi connectivity index (χ1) is 8.83. The van der Waals surface area contributed by atoms with Gasteiger partial charge in [0, 0.05) is 11.6 Å². The molecular weight excluding hydrogens is 228 g/mol. The molecule has 0 aliphatic carbocycles. The Balaban J connectivity index is 2.06. The van der Waals surface area contributed by atoms with E-state index in [-0.39, 0.29) is 6.61 Å². The molecule has 2 aromatic carbocycles. The van der Waals surface area contributed by atoms with Gasteiger partial charge < -0.3 is 14.6 Å². The van der Waals surface area contributed by atoms with Crippen LogP contribution in [0.1, 0.15) is 11.1 Å². The molecule has 0 aliphatic rings. The maximum atomic E-state index is 9.13. The van der Waals surface area contributed by atoms with Gasteiger partial charge in [-0.3, -0.25) is 0 Å². The average molecular weight is 244 g/mol. The van der Waals surface area contributed by atoms with E-state index in [0.29, 0.717) is 12.4 Å². The summed E-state index contributed by atoms with van der Waals surface area (Å²) in [5.41, 5.74) is 1.87. The van der Waals surface area contributed by atoms with Crippen molar-refractivity contribution < 1.29 is 14.6 Å². The van der Waals surface area contributed by atoms with E-state index in [1.54, 1.807) is 19.2 Å². The average Bonchev–Trinajstić information content (AvgIpc) is 2.45. The molecule has 0 heterocycles. The largest absolute Gasteiger partial charge is 0.496 e. The van der Waals surface area contributed by atoms with Crippen LogP contribution in [0.5, 0.6) is 11.5 Å². The lowest BCUT2D eigenvalue weighted by atomic mass is 10.2. The molecule has 0 fully saturated rings. The van der Waals surface area contributed by atoms with E-state index in [0.717, 1.165) is 16.9 Å². The Morgan fingerprint density at radius 3 is 2.50 bits per heavy atom. The Hall–Kier alpha value is -2.00. The fraction of sp³-hybridized carbons (Fsp3) is 0.200. The Bertz CT molecular complexity index is 494. The molecule has 0 bridgehead atoms. The smallest absolute Gasteiger partial charge is 0.128 e. The van der Waals surface area contributed by atoms with Crippen LogP contribution in [0, 0.1) is 0 Å². The fourth-order valence-electron chi connectivity index (χ4n) is 1.69. The highest BCUT2D eigenvalue weighted by atomic mass is 16.5. The minimum absolute atomic E-state index is 0.0395. The van der Waals surface area contributed by atoms with E-state index >= 15 is 0 Å². The van der Waals surface area contributed by atoms with Crippen LogP contribution in [0.25, 0.3) is 0 Å². The molecule has 0 unspecified atom stereocenters. The minimum atomic E-state index is -0.0395. The van der Waals surface area contributed by atoms with Crippen LogP contribution < -0.4 is 9.47 Å². The van der Waals surface area contributed by atoms with Gasteiger partial charge in [-0.25, -0.2) is 0 Å². The third-order valence-electron chi connectivity index (χ3n) is 2.68. The molecule has 94 valence electrons. The summed E-state index contributed by atoms with van der Waals surface area (Å²) in [7, 11) is 1.58. The maximum absolute atomic E-state index is 9.13. The van der Waals surface area contributed by atoms with Crippen molar-refractivity contribution in [2.75, 3.05) is 7.11 Å². The minimum Gasteiger partial charge on any atom is -0.496 e. The number of aliphatic hydroxyl groups is 1. The fourth-order valence-corrected chi connectivity index (χ4v) is 1.69. The number of hydrogen-bond donors (Lipinski definition) is 1. The van der Waals surface area contributed by atoms with Gasteiger partial charge in [0.25, 0.3) is 0 Å². The second-order valence-electron chi connectivity index (χ2n) is 3.91. The molecule has 0 atom stereocenters. The van der Waals surface area contributed by atoms with Gasteiger partial charge in [-0.15, -0.1) is 0 Å². The molecule has 0 amide bonds. The predicted octanol–water partition coefficient (Wildman–Crippen LogP) is 2.77. The van der Waals surface area contributed by atoms with Crippen molar-refractivity contribution in [2.24, 2.45) is 0 Å². The SMILES string of the molecule is COc1cc(OCc2ccccc2)ccc1CO. The standard InChI is InChI=1S/C15H16O3/c1-17-15-9-14(8-7-13(15)10-16)18-11-12-5-3-2-4-6-12/h2-9,16H,10-11H2,1H3. The Morgan fingerprint density at radius 1 is 1.06 bits per heavy atom. The molecule has 0 radical (unpaired) electrons. The summed E-state index contributed by atoms with van der Waals surface area (Å²) in [5.74, 6) is 1.37. The van der Waals surface area contributed by atoms with Crippen LogP contribution in [0.3, 0.4) is 0 Å². The first kappa shape index (κ1) is 12.5. The number of aliphatic hydroxyl groups excluding tert-OH is 1. The van der Waals surface area contributed by atoms with Gasteiger partial charge in [-0.1, -0.05) is 30.3 Å². The van der Waals surface area contributed by atoms with Gasteiger partial charge in [0.05, 0.1) is 13.7 Å². The zero-order valence-corrected chi connectivity index (χ0v) is 10.3. The predicted molar refractivity (Wildman–Crippen MR) is 69.7 cm³/mol. The molecule has 1 N–H and O–H groups in total. The normalized spacial score (nSPS) is 10.1. The van der Waals surface area contributed by atoms with Gasteiger partial charge in [0.2, 0.25) is 0 Å². The lowest BCUT2D eigenvalue weighted by Gasteiger charge is -2.10. The highest BCUT2D eigenvalue weighted by molar-refractivity contribution is 5.40. The van der Waals surface area contributed by atoms with Crippen molar-refractivity contribution in [1.29, 1.82) is 0 Å². The molecule has 3 heteroatoms. The van der Waals surface area contributed by atoms with Crippen molar-refractivity contribution in [3.63, 3.8) is 0 Å². The third kappa shape index (κ3) is 3.02. The number of benzene rings is 2. The van der Waals surface area contributed by atoms with Gasteiger partial charge >= 0.3 is 0 Å². The Kier molecular flexibility index (Phi) is 4.20. The summed E-state index contributed by atoms with van der Waals surface area (Å²) in [4.78, 5) is 0. The second-order valence-corrected chi connectivity index (χ2v) is 3.91. The molecular formula is C15H16O3. The third-order valence-corrected chi connectivity index (χ3v) is 2.68. The molecule has 3 nitrogen and oxygen atoms in total. The van der Waals surface area contributed by atoms with Crippen molar-refractivity contribution in [3.05, 3.63) is 59.7 Å². The highest BCUT2D eigenvalue weighted by Gasteiger charge is 2.04. The zero-order chi connectivity index (χ0) is 12.8. The molecule has 2 rings (SSSR count). The van der Waals surface area contributed by atoms with Gasteiger partial charge in [-0.05, 0) is 17.7 Å². The van der Waals surface area contributed by atoms with E-state index < -0.39 is 0 Å². The van der Waals surface area contributed by atoms with Crippen LogP contribution in [-0.2, 0) is 13.2 Å². The molecule has 2 aromatic rings. The molecule has 18 heavy (non-hydrogen) atoms. The number of methoxy groups -OCH3 is 1. The Labute approximate surface area is 107 Å². The van der Waals surface area contributed by atoms with Crippen LogP contribution in [0.2, 0.25) is 0 Å². The molecule has 0 aromatic heterocycles. The lowest BCUT2D eigenvalue weighted by Crippen LogP contribution is -1.97. The van der Waals surface area contributed by atoms with Crippen molar-refractivity contribution in [3.8, 4) is 11.5 Å². The van der Waals surface area contributed by atoms with Gasteiger partial charge in [0.1, 0.15) is 18.1 Å². The van der Waals surface area contributed by atoms with Crippen molar-refractivity contribution in [2.45, 2.75) is 13.2 Å². The van der Waals surface area contributed by atoms with Crippen LogP contribution >= 0.6 is 0 Å². The number of ether oxygens (including phenoxy) is 2. The van der Waals surface area contributed by atoms with Crippen molar-refractivity contribution >= 4 is 0 Å². The zero-order valence-electron chi connectivity index (χ0n) is 10.3. The maximum Gasteiger partial charge on any atom is 0.128 e. The second kappa shape index (κ2) is 6.07. The van der Waals surface area contributed by atoms with E-state index in [4.69, 9.17) is 14.6 Å². The number of rotatable bonds is 5. The first-order valence-electron chi connectivity index (χ1n) is 5.78. The molecule has 0 saturated heterocycles. The van der Waals surface area contributed by atoms with E-state index in [2.05, 4.69) is 0 Å². The molecule has 0 aliphatic heterocycles. The molecule has 0 spiro atoms. The van der Waals surface area contributed by atoms with Crippen LogP contribution in [0.4, 0.5) is 0 Å². The van der Waals surface area contributed by atoms with E-state index in [1.165, 1.54) is 0 Å². The van der Waals surface area contributed by atoms with Crippen LogP contribution in [-0.4, -0.2) is 12.2 Å². The summed E-state index contributed by atoms with van der Waals surface area (Å²) in [6, 6.07) is 15.4. The van der Waals surface area contributed by atoms with Gasteiger partial charge in [-0.2, -0.15) is 0 Å². The van der Waals surface area contributed by atoms with Crippen molar-refractivity contribution in [1.82, 2.24) is 0 Å². The Morgan fingerprint density at radius 2 is 1.83 bits per heavy atom. The topological polar surface area (TPSA) is 38.7 Å². The lowest BCUT2D eigenvalue weighted by molar-refractivity contribution is 0.271. The molecule has 0 saturated carbocycles. The quantitative estimate of drug-likeness (QED) is 0.879.